The summed E-state index contributed by atoms with van der Waals surface area (Å²) in [6.07, 6.45) is 0. The van der Waals surface area contributed by atoms with E-state index in [2.05, 4.69) is 5.32 Å². The summed E-state index contributed by atoms with van der Waals surface area (Å²) in [5, 5.41) is 25.9. The number of hydrogen-bond acceptors (Lipinski definition) is 8. The fourth-order valence-corrected chi connectivity index (χ4v) is 3.52. The van der Waals surface area contributed by atoms with Crippen LogP contribution >= 0.6 is 11.8 Å². The minimum Gasteiger partial charge on any atom is -0.399 e. The van der Waals surface area contributed by atoms with Crippen molar-refractivity contribution in [3.8, 4) is 0 Å². The van der Waals surface area contributed by atoms with E-state index in [1.165, 1.54) is 6.07 Å². The maximum absolute atomic E-state index is 11.5. The molecule has 0 aromatic heterocycles. The average molecular weight is 397 g/mol. The van der Waals surface area contributed by atoms with Crippen LogP contribution in [0.5, 0.6) is 0 Å². The highest BCUT2D eigenvalue weighted by atomic mass is 32.2. The van der Waals surface area contributed by atoms with Crippen molar-refractivity contribution in [1.29, 1.82) is 0 Å². The zero-order chi connectivity index (χ0) is 20.3. The lowest BCUT2D eigenvalue weighted by molar-refractivity contribution is -0.395. The highest BCUT2D eigenvalue weighted by Gasteiger charge is 2.25. The summed E-state index contributed by atoms with van der Waals surface area (Å²) < 4.78 is 0. The standard InChI is InChI=1S/C18H15N5O4S/c19-11-3-1-5-13(7-11)21-15-9-18(28-14-6-2-4-12(20)8-14)17(23(26)27)10-16(15)22(24)25/h1-10,21H,19-20H2. The van der Waals surface area contributed by atoms with Crippen LogP contribution < -0.4 is 16.8 Å². The zero-order valence-electron chi connectivity index (χ0n) is 14.4. The molecule has 0 saturated heterocycles. The summed E-state index contributed by atoms with van der Waals surface area (Å²) in [5.41, 5.74) is 12.4. The van der Waals surface area contributed by atoms with Gasteiger partial charge in [-0.15, -0.1) is 0 Å². The molecule has 0 heterocycles. The maximum atomic E-state index is 11.5. The second-order valence-corrected chi connectivity index (χ2v) is 6.89. The van der Waals surface area contributed by atoms with E-state index >= 15 is 0 Å². The van der Waals surface area contributed by atoms with E-state index < -0.39 is 15.5 Å². The van der Waals surface area contributed by atoms with E-state index in [9.17, 15) is 20.2 Å². The van der Waals surface area contributed by atoms with Crippen molar-refractivity contribution in [3.63, 3.8) is 0 Å². The molecule has 3 aromatic carbocycles. The number of nitrogens with one attached hydrogen (secondary N) is 1. The monoisotopic (exact) mass is 397 g/mol. The highest BCUT2D eigenvalue weighted by molar-refractivity contribution is 7.99. The molecule has 0 unspecified atom stereocenters. The fraction of sp³-hybridized carbons (Fsp3) is 0. The van der Waals surface area contributed by atoms with E-state index in [1.807, 2.05) is 0 Å². The summed E-state index contributed by atoms with van der Waals surface area (Å²) in [6, 6.07) is 15.8. The molecule has 28 heavy (non-hydrogen) atoms. The van der Waals surface area contributed by atoms with E-state index in [4.69, 9.17) is 11.5 Å². The fourth-order valence-electron chi connectivity index (χ4n) is 2.51. The Bertz CT molecular complexity index is 993. The lowest BCUT2D eigenvalue weighted by atomic mass is 10.2. The number of rotatable bonds is 6. The third-order valence-corrected chi connectivity index (χ3v) is 4.76. The van der Waals surface area contributed by atoms with Crippen LogP contribution in [0.2, 0.25) is 0 Å². The number of nitro groups is 2. The van der Waals surface area contributed by atoms with Gasteiger partial charge >= 0.3 is 0 Å². The smallest absolute Gasteiger partial charge is 0.299 e. The van der Waals surface area contributed by atoms with Crippen LogP contribution in [0, 0.1) is 20.2 Å². The minimum atomic E-state index is -0.670. The number of hydrogen-bond donors (Lipinski definition) is 3. The molecule has 10 heteroatoms. The van der Waals surface area contributed by atoms with Crippen LogP contribution in [0.4, 0.5) is 34.1 Å². The molecule has 0 aliphatic heterocycles. The van der Waals surface area contributed by atoms with E-state index in [0.29, 0.717) is 22.0 Å². The summed E-state index contributed by atoms with van der Waals surface area (Å²) >= 11 is 1.10. The van der Waals surface area contributed by atoms with Gasteiger partial charge in [-0.2, -0.15) is 0 Å². The molecule has 9 nitrogen and oxygen atoms in total. The van der Waals surface area contributed by atoms with Gasteiger partial charge in [-0.25, -0.2) is 0 Å². The van der Waals surface area contributed by atoms with Crippen LogP contribution in [0.3, 0.4) is 0 Å². The molecule has 0 saturated carbocycles. The first kappa shape index (κ1) is 19.0. The normalized spacial score (nSPS) is 10.4. The molecule has 0 radical (unpaired) electrons. The van der Waals surface area contributed by atoms with Crippen molar-refractivity contribution in [2.45, 2.75) is 9.79 Å². The first-order chi connectivity index (χ1) is 13.3. The van der Waals surface area contributed by atoms with Crippen LogP contribution in [0.25, 0.3) is 0 Å². The Morgan fingerprint density at radius 3 is 2.07 bits per heavy atom. The molecular formula is C18H15N5O4S. The first-order valence-electron chi connectivity index (χ1n) is 7.96. The van der Waals surface area contributed by atoms with Gasteiger partial charge in [0.2, 0.25) is 0 Å². The number of nitro benzene ring substituents is 2. The quantitative estimate of drug-likeness (QED) is 0.311. The Balaban J connectivity index is 2.09. The van der Waals surface area contributed by atoms with Gasteiger partial charge in [0.25, 0.3) is 11.4 Å². The second kappa shape index (κ2) is 7.84. The SMILES string of the molecule is Nc1cccc(Nc2cc(Sc3cccc(N)c3)c([N+](=O)[O-])cc2[N+](=O)[O-])c1. The largest absolute Gasteiger partial charge is 0.399 e. The van der Waals surface area contributed by atoms with Crippen LogP contribution in [-0.2, 0) is 0 Å². The number of benzene rings is 3. The molecule has 0 bridgehead atoms. The van der Waals surface area contributed by atoms with Crippen molar-refractivity contribution < 1.29 is 9.85 Å². The Hall–Kier alpha value is -3.79. The third kappa shape index (κ3) is 4.30. The third-order valence-electron chi connectivity index (χ3n) is 3.72. The molecule has 0 amide bonds. The van der Waals surface area contributed by atoms with Crippen molar-refractivity contribution >= 4 is 45.9 Å². The number of nitrogens with two attached hydrogens (primary N) is 2. The van der Waals surface area contributed by atoms with Gasteiger partial charge in [0.05, 0.1) is 20.8 Å². The van der Waals surface area contributed by atoms with Gasteiger partial charge in [-0.1, -0.05) is 23.9 Å². The molecule has 0 aliphatic rings. The number of nitrogen functional groups attached to an aromatic ring is 2. The number of anilines is 4. The van der Waals surface area contributed by atoms with Crippen molar-refractivity contribution in [2.24, 2.45) is 0 Å². The average Bonchev–Trinajstić information content (AvgIpc) is 2.61. The van der Waals surface area contributed by atoms with Crippen LogP contribution in [0.1, 0.15) is 0 Å². The molecule has 142 valence electrons. The van der Waals surface area contributed by atoms with Gasteiger partial charge in [-0.05, 0) is 42.5 Å². The Labute approximate surface area is 163 Å². The Kier molecular flexibility index (Phi) is 5.32. The van der Waals surface area contributed by atoms with E-state index in [0.717, 1.165) is 17.8 Å². The zero-order valence-corrected chi connectivity index (χ0v) is 15.2. The van der Waals surface area contributed by atoms with E-state index in [1.54, 1.807) is 48.5 Å². The molecule has 0 atom stereocenters. The topological polar surface area (TPSA) is 150 Å². The Morgan fingerprint density at radius 2 is 1.46 bits per heavy atom. The summed E-state index contributed by atoms with van der Waals surface area (Å²) in [6.45, 7) is 0. The Morgan fingerprint density at radius 1 is 0.821 bits per heavy atom. The predicted octanol–water partition coefficient (Wildman–Crippen LogP) is 4.56. The molecule has 0 fully saturated rings. The van der Waals surface area contributed by atoms with Crippen molar-refractivity contribution in [1.82, 2.24) is 0 Å². The molecule has 3 rings (SSSR count). The summed E-state index contributed by atoms with van der Waals surface area (Å²) in [5.74, 6) is 0. The van der Waals surface area contributed by atoms with Crippen LogP contribution in [-0.4, -0.2) is 9.85 Å². The van der Waals surface area contributed by atoms with Crippen LogP contribution in [0.15, 0.2) is 70.5 Å². The van der Waals surface area contributed by atoms with Gasteiger partial charge in [-0.3, -0.25) is 20.2 Å². The summed E-state index contributed by atoms with van der Waals surface area (Å²) in [4.78, 5) is 22.5. The van der Waals surface area contributed by atoms with Crippen molar-refractivity contribution in [3.05, 3.63) is 80.9 Å². The molecule has 5 N–H and O–H groups in total. The molecule has 3 aromatic rings. The molecular weight excluding hydrogens is 382 g/mol. The lowest BCUT2D eigenvalue weighted by Gasteiger charge is -2.11. The first-order valence-corrected chi connectivity index (χ1v) is 8.78. The predicted molar refractivity (Wildman–Crippen MR) is 109 cm³/mol. The minimum absolute atomic E-state index is 0.118. The number of nitrogens with zero attached hydrogens (tertiary/aromatic N) is 2. The molecule has 0 aliphatic carbocycles. The maximum Gasteiger partial charge on any atom is 0.299 e. The molecule has 0 spiro atoms. The van der Waals surface area contributed by atoms with Gasteiger partial charge in [0, 0.05) is 22.0 Å². The second-order valence-electron chi connectivity index (χ2n) is 5.78. The van der Waals surface area contributed by atoms with E-state index in [-0.39, 0.29) is 16.3 Å². The van der Waals surface area contributed by atoms with Crippen molar-refractivity contribution in [2.75, 3.05) is 16.8 Å². The van der Waals surface area contributed by atoms with Gasteiger partial charge in [0.15, 0.2) is 0 Å². The van der Waals surface area contributed by atoms with Gasteiger partial charge in [0.1, 0.15) is 5.69 Å². The summed E-state index contributed by atoms with van der Waals surface area (Å²) in [7, 11) is 0. The lowest BCUT2D eigenvalue weighted by Crippen LogP contribution is -2.01. The highest BCUT2D eigenvalue weighted by Crippen LogP contribution is 2.42. The van der Waals surface area contributed by atoms with Gasteiger partial charge < -0.3 is 16.8 Å².